The van der Waals surface area contributed by atoms with Crippen molar-refractivity contribution in [3.63, 3.8) is 0 Å². The van der Waals surface area contributed by atoms with Crippen LogP contribution in [-0.4, -0.2) is 24.0 Å². The summed E-state index contributed by atoms with van der Waals surface area (Å²) < 4.78 is 0. The number of anilines is 1. The molecule has 2 aromatic carbocycles. The van der Waals surface area contributed by atoms with Gasteiger partial charge in [0.2, 0.25) is 0 Å². The average molecular weight is 294 g/mol. The SMILES string of the molecule is Cc1cccc(C)c1NC(=O)N1CC(C)(c2ccccc2)C1. The molecule has 0 atom stereocenters. The molecule has 0 unspecified atom stereocenters. The molecule has 3 rings (SSSR count). The number of urea groups is 1. The number of aryl methyl sites for hydroxylation is 2. The van der Waals surface area contributed by atoms with Crippen LogP contribution in [0.1, 0.15) is 23.6 Å². The highest BCUT2D eigenvalue weighted by Crippen LogP contribution is 2.34. The molecule has 0 radical (unpaired) electrons. The molecular weight excluding hydrogens is 272 g/mol. The summed E-state index contributed by atoms with van der Waals surface area (Å²) in [5.41, 5.74) is 4.49. The topological polar surface area (TPSA) is 32.3 Å². The van der Waals surface area contributed by atoms with E-state index in [0.717, 1.165) is 29.9 Å². The Morgan fingerprint density at radius 3 is 2.18 bits per heavy atom. The van der Waals surface area contributed by atoms with E-state index < -0.39 is 0 Å². The normalized spacial score (nSPS) is 16.0. The van der Waals surface area contributed by atoms with Gasteiger partial charge in [0.05, 0.1) is 0 Å². The first-order valence-corrected chi connectivity index (χ1v) is 7.67. The number of nitrogens with zero attached hydrogens (tertiary/aromatic N) is 1. The molecule has 1 aliphatic rings. The molecule has 1 aliphatic heterocycles. The summed E-state index contributed by atoms with van der Waals surface area (Å²) >= 11 is 0. The summed E-state index contributed by atoms with van der Waals surface area (Å²) in [4.78, 5) is 14.3. The van der Waals surface area contributed by atoms with Crippen molar-refractivity contribution in [1.29, 1.82) is 0 Å². The molecule has 0 bridgehead atoms. The molecule has 2 amide bonds. The van der Waals surface area contributed by atoms with Gasteiger partial charge in [0.15, 0.2) is 0 Å². The van der Waals surface area contributed by atoms with Gasteiger partial charge in [-0.3, -0.25) is 0 Å². The van der Waals surface area contributed by atoms with E-state index in [0.29, 0.717) is 0 Å². The Morgan fingerprint density at radius 1 is 1.00 bits per heavy atom. The molecule has 1 fully saturated rings. The van der Waals surface area contributed by atoms with E-state index in [9.17, 15) is 4.79 Å². The van der Waals surface area contributed by atoms with Crippen LogP contribution in [0.15, 0.2) is 48.5 Å². The summed E-state index contributed by atoms with van der Waals surface area (Å²) in [5.74, 6) is 0. The van der Waals surface area contributed by atoms with Crippen molar-refractivity contribution in [3.8, 4) is 0 Å². The minimum atomic E-state index is -0.00851. The van der Waals surface area contributed by atoms with Crippen LogP contribution < -0.4 is 5.32 Å². The number of para-hydroxylation sites is 1. The van der Waals surface area contributed by atoms with Crippen LogP contribution in [-0.2, 0) is 5.41 Å². The number of nitrogens with one attached hydrogen (secondary N) is 1. The monoisotopic (exact) mass is 294 g/mol. The zero-order valence-corrected chi connectivity index (χ0v) is 13.4. The predicted octanol–water partition coefficient (Wildman–Crippen LogP) is 4.11. The van der Waals surface area contributed by atoms with Crippen LogP contribution in [0, 0.1) is 13.8 Å². The Morgan fingerprint density at radius 2 is 1.59 bits per heavy atom. The lowest BCUT2D eigenvalue weighted by atomic mass is 9.76. The van der Waals surface area contributed by atoms with Crippen LogP contribution in [0.3, 0.4) is 0 Å². The number of rotatable bonds is 2. The lowest BCUT2D eigenvalue weighted by Gasteiger charge is -2.48. The largest absolute Gasteiger partial charge is 0.323 e. The Hall–Kier alpha value is -2.29. The van der Waals surface area contributed by atoms with Gasteiger partial charge in [-0.2, -0.15) is 0 Å². The highest BCUT2D eigenvalue weighted by molar-refractivity contribution is 5.91. The quantitative estimate of drug-likeness (QED) is 0.888. The number of hydrogen-bond donors (Lipinski definition) is 1. The zero-order valence-electron chi connectivity index (χ0n) is 13.4. The first-order valence-electron chi connectivity index (χ1n) is 7.67. The van der Waals surface area contributed by atoms with Gasteiger partial charge in [0, 0.05) is 24.2 Å². The molecule has 0 aromatic heterocycles. The molecule has 114 valence electrons. The molecule has 3 nitrogen and oxygen atoms in total. The predicted molar refractivity (Wildman–Crippen MR) is 90.3 cm³/mol. The Bertz CT molecular complexity index is 668. The second kappa shape index (κ2) is 5.48. The van der Waals surface area contributed by atoms with Gasteiger partial charge in [0.1, 0.15) is 0 Å². The third-order valence-corrected chi connectivity index (χ3v) is 4.55. The third kappa shape index (κ3) is 2.59. The zero-order chi connectivity index (χ0) is 15.7. The molecule has 0 saturated carbocycles. The molecule has 0 spiro atoms. The number of amides is 2. The van der Waals surface area contributed by atoms with Crippen LogP contribution in [0.2, 0.25) is 0 Å². The lowest BCUT2D eigenvalue weighted by molar-refractivity contribution is 0.112. The number of carbonyl (C=O) groups is 1. The van der Waals surface area contributed by atoms with Crippen molar-refractivity contribution in [2.45, 2.75) is 26.2 Å². The molecule has 1 heterocycles. The van der Waals surface area contributed by atoms with Gasteiger partial charge >= 0.3 is 6.03 Å². The van der Waals surface area contributed by atoms with Crippen LogP contribution in [0.4, 0.5) is 10.5 Å². The summed E-state index contributed by atoms with van der Waals surface area (Å²) in [6, 6.07) is 16.5. The smallest absolute Gasteiger partial charge is 0.321 e. The molecule has 1 saturated heterocycles. The Labute approximate surface area is 132 Å². The molecular formula is C19H22N2O. The highest BCUT2D eigenvalue weighted by Gasteiger charge is 2.42. The lowest BCUT2D eigenvalue weighted by Crippen LogP contribution is -2.60. The fraction of sp³-hybridized carbons (Fsp3) is 0.316. The van der Waals surface area contributed by atoms with E-state index in [1.54, 1.807) is 0 Å². The number of hydrogen-bond acceptors (Lipinski definition) is 1. The molecule has 3 heteroatoms. The van der Waals surface area contributed by atoms with Crippen molar-refractivity contribution in [1.82, 2.24) is 4.90 Å². The number of benzene rings is 2. The van der Waals surface area contributed by atoms with Gasteiger partial charge in [-0.25, -0.2) is 4.79 Å². The van der Waals surface area contributed by atoms with Crippen molar-refractivity contribution in [3.05, 3.63) is 65.2 Å². The molecule has 22 heavy (non-hydrogen) atoms. The standard InChI is InChI=1S/C19H22N2O/c1-14-8-7-9-15(2)17(14)20-18(22)21-12-19(3,13-21)16-10-5-4-6-11-16/h4-11H,12-13H2,1-3H3,(H,20,22). The Kier molecular flexibility index (Phi) is 3.65. The third-order valence-electron chi connectivity index (χ3n) is 4.55. The van der Waals surface area contributed by atoms with Crippen molar-refractivity contribution in [2.24, 2.45) is 0 Å². The van der Waals surface area contributed by atoms with Crippen molar-refractivity contribution < 1.29 is 4.79 Å². The summed E-state index contributed by atoms with van der Waals surface area (Å²) in [6.45, 7) is 7.77. The van der Waals surface area contributed by atoms with E-state index in [2.05, 4.69) is 36.5 Å². The summed E-state index contributed by atoms with van der Waals surface area (Å²) in [5, 5.41) is 3.06. The first kappa shape index (κ1) is 14.6. The van der Waals surface area contributed by atoms with Crippen LogP contribution in [0.5, 0.6) is 0 Å². The van der Waals surface area contributed by atoms with Crippen molar-refractivity contribution >= 4 is 11.7 Å². The van der Waals surface area contributed by atoms with Gasteiger partial charge in [-0.15, -0.1) is 0 Å². The Balaban J connectivity index is 1.67. The van der Waals surface area contributed by atoms with Gasteiger partial charge in [-0.05, 0) is 30.5 Å². The minimum absolute atomic E-state index is 0.00851. The van der Waals surface area contributed by atoms with Crippen LogP contribution in [0.25, 0.3) is 0 Å². The molecule has 0 aliphatic carbocycles. The van der Waals surface area contributed by atoms with Crippen LogP contribution >= 0.6 is 0 Å². The van der Waals surface area contributed by atoms with E-state index >= 15 is 0 Å². The van der Waals surface area contributed by atoms with E-state index in [1.165, 1.54) is 5.56 Å². The molecule has 1 N–H and O–H groups in total. The average Bonchev–Trinajstić information content (AvgIpc) is 2.48. The maximum absolute atomic E-state index is 12.4. The number of likely N-dealkylation sites (tertiary alicyclic amines) is 1. The first-order chi connectivity index (χ1) is 10.5. The summed E-state index contributed by atoms with van der Waals surface area (Å²) in [6.07, 6.45) is 0. The second-order valence-electron chi connectivity index (χ2n) is 6.48. The highest BCUT2D eigenvalue weighted by atomic mass is 16.2. The maximum atomic E-state index is 12.4. The summed E-state index contributed by atoms with van der Waals surface area (Å²) in [7, 11) is 0. The number of carbonyl (C=O) groups excluding carboxylic acids is 1. The fourth-order valence-corrected chi connectivity index (χ4v) is 3.16. The maximum Gasteiger partial charge on any atom is 0.321 e. The van der Waals surface area contributed by atoms with E-state index in [4.69, 9.17) is 0 Å². The van der Waals surface area contributed by atoms with Gasteiger partial charge in [0.25, 0.3) is 0 Å². The molecule has 2 aromatic rings. The van der Waals surface area contributed by atoms with Gasteiger partial charge in [-0.1, -0.05) is 55.5 Å². The van der Waals surface area contributed by atoms with E-state index in [1.807, 2.05) is 43.0 Å². The fourth-order valence-electron chi connectivity index (χ4n) is 3.16. The minimum Gasteiger partial charge on any atom is -0.323 e. The van der Waals surface area contributed by atoms with Crippen molar-refractivity contribution in [2.75, 3.05) is 18.4 Å². The van der Waals surface area contributed by atoms with E-state index in [-0.39, 0.29) is 11.4 Å². The second-order valence-corrected chi connectivity index (χ2v) is 6.48. The van der Waals surface area contributed by atoms with Gasteiger partial charge < -0.3 is 10.2 Å².